The number of rotatable bonds is 4. The van der Waals surface area contributed by atoms with Gasteiger partial charge in [-0.2, -0.15) is 0 Å². The molecule has 0 heterocycles. The van der Waals surface area contributed by atoms with Crippen molar-refractivity contribution < 1.29 is 0 Å². The first-order chi connectivity index (χ1) is 11.6. The minimum atomic E-state index is -1.97. The van der Waals surface area contributed by atoms with Crippen molar-refractivity contribution in [3.63, 3.8) is 0 Å². The summed E-state index contributed by atoms with van der Waals surface area (Å²) in [6, 6.07) is 28.8. The van der Waals surface area contributed by atoms with Gasteiger partial charge in [-0.25, -0.2) is 0 Å². The lowest BCUT2D eigenvalue weighted by Crippen LogP contribution is -2.66. The molecule has 3 aromatic rings. The Morgan fingerprint density at radius 2 is 0.750 bits per heavy atom. The topological polar surface area (TPSA) is 0 Å². The first-order valence-electron chi connectivity index (χ1n) is 8.77. The van der Waals surface area contributed by atoms with Gasteiger partial charge in [0.25, 0.3) is 0 Å². The monoisotopic (exact) mass is 330 g/mol. The van der Waals surface area contributed by atoms with Gasteiger partial charge in [-0.1, -0.05) is 96.4 Å². The Balaban J connectivity index is 2.27. The summed E-state index contributed by atoms with van der Waals surface area (Å²) in [4.78, 5) is 0. The SMILES string of the molecule is CC[Si](c1ccc(C)cc1)(c1ccc(C)cc1)c1ccc(C)cc1. The van der Waals surface area contributed by atoms with Gasteiger partial charge in [0.15, 0.2) is 0 Å². The Kier molecular flexibility index (Phi) is 4.73. The molecule has 0 N–H and O–H groups in total. The maximum atomic E-state index is 2.35. The van der Waals surface area contributed by atoms with Crippen molar-refractivity contribution in [1.29, 1.82) is 0 Å². The molecule has 0 radical (unpaired) electrons. The van der Waals surface area contributed by atoms with Crippen LogP contribution in [-0.4, -0.2) is 8.07 Å². The molecule has 0 fully saturated rings. The number of aryl methyl sites for hydroxylation is 3. The zero-order valence-corrected chi connectivity index (χ0v) is 16.1. The molecule has 24 heavy (non-hydrogen) atoms. The van der Waals surface area contributed by atoms with Crippen molar-refractivity contribution in [3.8, 4) is 0 Å². The molecule has 0 atom stereocenters. The molecule has 0 aromatic heterocycles. The number of benzene rings is 3. The van der Waals surface area contributed by atoms with Crippen LogP contribution in [0.25, 0.3) is 0 Å². The van der Waals surface area contributed by atoms with E-state index in [9.17, 15) is 0 Å². The molecular formula is C23H26Si. The Hall–Kier alpha value is -2.12. The van der Waals surface area contributed by atoms with E-state index >= 15 is 0 Å². The van der Waals surface area contributed by atoms with E-state index in [4.69, 9.17) is 0 Å². The second-order valence-electron chi connectivity index (χ2n) is 6.86. The highest BCUT2D eigenvalue weighted by molar-refractivity contribution is 7.11. The van der Waals surface area contributed by atoms with E-state index in [1.54, 1.807) is 0 Å². The van der Waals surface area contributed by atoms with Crippen molar-refractivity contribution in [3.05, 3.63) is 89.5 Å². The van der Waals surface area contributed by atoms with Crippen molar-refractivity contribution in [2.24, 2.45) is 0 Å². The normalized spacial score (nSPS) is 11.5. The predicted octanol–water partition coefficient (Wildman–Crippen LogP) is 4.10. The third kappa shape index (κ3) is 2.96. The fourth-order valence-electron chi connectivity index (χ4n) is 3.63. The minimum absolute atomic E-state index is 1.17. The molecule has 0 amide bonds. The molecule has 3 aromatic carbocycles. The standard InChI is InChI=1S/C23H26Si/c1-5-24(21-12-6-18(2)7-13-21,22-14-8-19(3)9-15-22)23-16-10-20(4)11-17-23/h6-17H,5H2,1-4H3. The lowest BCUT2D eigenvalue weighted by atomic mass is 10.2. The van der Waals surface area contributed by atoms with Crippen LogP contribution in [0.1, 0.15) is 23.6 Å². The third-order valence-electron chi connectivity index (χ3n) is 5.16. The summed E-state index contributed by atoms with van der Waals surface area (Å²) in [5.41, 5.74) is 3.97. The van der Waals surface area contributed by atoms with E-state index in [2.05, 4.69) is 100 Å². The van der Waals surface area contributed by atoms with Gasteiger partial charge in [0.2, 0.25) is 0 Å². The zero-order valence-electron chi connectivity index (χ0n) is 15.1. The van der Waals surface area contributed by atoms with Gasteiger partial charge in [0.1, 0.15) is 8.07 Å². The summed E-state index contributed by atoms with van der Waals surface area (Å²) in [5.74, 6) is 0. The van der Waals surface area contributed by atoms with Crippen LogP contribution in [0.2, 0.25) is 6.04 Å². The van der Waals surface area contributed by atoms with E-state index in [0.29, 0.717) is 0 Å². The summed E-state index contributed by atoms with van der Waals surface area (Å²) in [7, 11) is -1.97. The van der Waals surface area contributed by atoms with Gasteiger partial charge in [0.05, 0.1) is 0 Å². The molecule has 0 nitrogen and oxygen atoms in total. The molecule has 1 heteroatoms. The smallest absolute Gasteiger partial charge is 0.0669 e. The van der Waals surface area contributed by atoms with E-state index in [-0.39, 0.29) is 0 Å². The molecule has 0 bridgehead atoms. The Morgan fingerprint density at radius 1 is 0.500 bits per heavy atom. The summed E-state index contributed by atoms with van der Waals surface area (Å²) in [5, 5.41) is 4.51. The second-order valence-corrected chi connectivity index (χ2v) is 11.1. The maximum absolute atomic E-state index is 2.35. The second kappa shape index (κ2) is 6.78. The Morgan fingerprint density at radius 3 is 0.958 bits per heavy atom. The van der Waals surface area contributed by atoms with Crippen LogP contribution >= 0.6 is 0 Å². The van der Waals surface area contributed by atoms with Crippen LogP contribution in [0.3, 0.4) is 0 Å². The van der Waals surface area contributed by atoms with Gasteiger partial charge < -0.3 is 0 Å². The fraction of sp³-hybridized carbons (Fsp3) is 0.217. The largest absolute Gasteiger partial charge is 0.148 e. The van der Waals surface area contributed by atoms with E-state index in [1.807, 2.05) is 0 Å². The first kappa shape index (κ1) is 16.7. The van der Waals surface area contributed by atoms with Gasteiger partial charge >= 0.3 is 0 Å². The average Bonchev–Trinajstić information content (AvgIpc) is 2.60. The summed E-state index contributed by atoms with van der Waals surface area (Å²) in [6.07, 6.45) is 0. The van der Waals surface area contributed by atoms with Crippen molar-refractivity contribution >= 4 is 23.6 Å². The third-order valence-corrected chi connectivity index (χ3v) is 10.2. The molecule has 0 aliphatic heterocycles. The molecule has 3 rings (SSSR count). The molecule has 0 aliphatic carbocycles. The van der Waals surface area contributed by atoms with Gasteiger partial charge in [-0.05, 0) is 42.4 Å². The fourth-order valence-corrected chi connectivity index (χ4v) is 8.06. The van der Waals surface area contributed by atoms with Crippen LogP contribution in [0, 0.1) is 20.8 Å². The molecule has 0 spiro atoms. The van der Waals surface area contributed by atoms with Crippen molar-refractivity contribution in [2.75, 3.05) is 0 Å². The van der Waals surface area contributed by atoms with Crippen molar-refractivity contribution in [2.45, 2.75) is 33.7 Å². The minimum Gasteiger partial charge on any atom is -0.0669 e. The first-order valence-corrected chi connectivity index (χ1v) is 11.0. The van der Waals surface area contributed by atoms with E-state index in [0.717, 1.165) is 0 Å². The highest BCUT2D eigenvalue weighted by Crippen LogP contribution is 2.14. The van der Waals surface area contributed by atoms with Crippen LogP contribution < -0.4 is 15.6 Å². The molecule has 0 saturated carbocycles. The van der Waals surface area contributed by atoms with Gasteiger partial charge in [-0.15, -0.1) is 0 Å². The van der Waals surface area contributed by atoms with Gasteiger partial charge in [-0.3, -0.25) is 0 Å². The van der Waals surface area contributed by atoms with Crippen LogP contribution in [0.15, 0.2) is 72.8 Å². The number of hydrogen-bond acceptors (Lipinski definition) is 0. The molecule has 122 valence electrons. The molecule has 0 unspecified atom stereocenters. The van der Waals surface area contributed by atoms with Crippen molar-refractivity contribution in [1.82, 2.24) is 0 Å². The van der Waals surface area contributed by atoms with E-state index in [1.165, 1.54) is 38.3 Å². The predicted molar refractivity (Wildman–Crippen MR) is 109 cm³/mol. The highest BCUT2D eigenvalue weighted by atomic mass is 28.3. The highest BCUT2D eigenvalue weighted by Gasteiger charge is 2.37. The molecule has 0 saturated heterocycles. The Labute approximate surface area is 147 Å². The molecule has 0 aliphatic rings. The summed E-state index contributed by atoms with van der Waals surface area (Å²) < 4.78 is 0. The summed E-state index contributed by atoms with van der Waals surface area (Å²) >= 11 is 0. The maximum Gasteiger partial charge on any atom is 0.148 e. The van der Waals surface area contributed by atoms with E-state index < -0.39 is 8.07 Å². The van der Waals surface area contributed by atoms with Crippen LogP contribution in [-0.2, 0) is 0 Å². The zero-order chi connectivity index (χ0) is 17.2. The summed E-state index contributed by atoms with van der Waals surface area (Å²) in [6.45, 7) is 8.84. The Bertz CT molecular complexity index is 685. The average molecular weight is 331 g/mol. The quantitative estimate of drug-likeness (QED) is 0.499. The van der Waals surface area contributed by atoms with Gasteiger partial charge in [0, 0.05) is 0 Å². The number of hydrogen-bond donors (Lipinski definition) is 0. The lowest BCUT2D eigenvalue weighted by molar-refractivity contribution is 1.39. The van der Waals surface area contributed by atoms with Crippen LogP contribution in [0.4, 0.5) is 0 Å². The van der Waals surface area contributed by atoms with Crippen LogP contribution in [0.5, 0.6) is 0 Å². The molecular weight excluding hydrogens is 304 g/mol. The lowest BCUT2D eigenvalue weighted by Gasteiger charge is -2.33.